The number of carboxylic acid groups (broad SMARTS) is 1. The number of hydrogen-bond acceptors (Lipinski definition) is 32. The maximum atomic E-state index is 15.1. The van der Waals surface area contributed by atoms with Crippen molar-refractivity contribution in [3.05, 3.63) is 93.8 Å². The summed E-state index contributed by atoms with van der Waals surface area (Å²) in [6.45, 7) is 22.4. The Labute approximate surface area is 759 Å². The summed E-state index contributed by atoms with van der Waals surface area (Å²) >= 11 is 0. The van der Waals surface area contributed by atoms with Crippen molar-refractivity contribution in [2.75, 3.05) is 180 Å². The molecule has 1 aromatic heterocycles. The summed E-state index contributed by atoms with van der Waals surface area (Å²) in [6, 6.07) is 7.92. The molecule has 8 amide bonds. The number of hydrogen-bond donors (Lipinski definition) is 8. The summed E-state index contributed by atoms with van der Waals surface area (Å²) in [5, 5.41) is 82.3. The van der Waals surface area contributed by atoms with Crippen molar-refractivity contribution in [1.29, 1.82) is 0 Å². The molecule has 42 nitrogen and oxygen atoms in total. The number of benzene rings is 2. The van der Waals surface area contributed by atoms with E-state index in [4.69, 9.17) is 71.1 Å². The Morgan fingerprint density at radius 1 is 0.654 bits per heavy atom. The van der Waals surface area contributed by atoms with E-state index in [0.717, 1.165) is 23.5 Å². The first kappa shape index (κ1) is 110. The van der Waals surface area contributed by atoms with Gasteiger partial charge < -0.3 is 122 Å². The van der Waals surface area contributed by atoms with Gasteiger partial charge in [-0.05, 0) is 67.6 Å². The summed E-state index contributed by atoms with van der Waals surface area (Å²) < 4.78 is 86.4. The molecular weight excluding hydrogens is 1710 g/mol. The SMILES string of the molecule is CC[C@@H](C)[C@H]([C@H](CC(=O)N1CCC[C@@H]1[C@@H](OC)[C@H](C)C(=O)N[C@@H](C)[C@H](O)c1ccccc1)OC)N(C)C(=O)[C@H](NC(=O)[C@@H](C(C)C)N(C)C(=O)OC(Cc1cn(CCOCCOCCOCCOCCOCCOCCOCCOCCOCCOCCNC(=O)CCCCCN2C(=O)C=CC2=O)nn1)c1ccc(O[C@@H]2OC(C(=O)O)[C@@H](O)C(O)[C@@H]2O)c([N+](=O)[O-])c1)C(C)C. The van der Waals surface area contributed by atoms with Crippen LogP contribution in [0.3, 0.4) is 0 Å². The number of nitro groups is 1. The first-order valence-electron chi connectivity index (χ1n) is 44.6. The monoisotopic (exact) mass is 1850 g/mol. The average molecular weight is 1850 g/mol. The summed E-state index contributed by atoms with van der Waals surface area (Å²) in [7, 11) is 5.84. The van der Waals surface area contributed by atoms with Gasteiger partial charge in [-0.3, -0.25) is 53.5 Å². The highest BCUT2D eigenvalue weighted by molar-refractivity contribution is 6.12. The molecular formula is C88H139N11O31. The van der Waals surface area contributed by atoms with Crippen molar-refractivity contribution in [3.8, 4) is 5.75 Å². The van der Waals surface area contributed by atoms with Gasteiger partial charge in [-0.25, -0.2) is 14.3 Å². The normalized spacial score (nSPS) is 19.3. The van der Waals surface area contributed by atoms with E-state index in [1.807, 2.05) is 19.9 Å². The lowest BCUT2D eigenvalue weighted by Crippen LogP contribution is -2.61. The number of unbranched alkanes of at least 4 members (excludes halogenated alkanes) is 2. The number of amides is 8. The number of aliphatic carboxylic acids is 1. The molecule has 4 heterocycles. The van der Waals surface area contributed by atoms with Crippen LogP contribution < -0.4 is 20.7 Å². The molecule has 3 aromatic rings. The van der Waals surface area contributed by atoms with Gasteiger partial charge in [0, 0.05) is 85.2 Å². The number of methoxy groups -OCH3 is 2. The number of nitro benzene ring substituents is 1. The summed E-state index contributed by atoms with van der Waals surface area (Å²) in [6.07, 6.45) is -7.76. The number of likely N-dealkylation sites (N-methyl/N-ethyl adjacent to an activating group) is 2. The number of likely N-dealkylation sites (tertiary alicyclic amines) is 1. The van der Waals surface area contributed by atoms with Gasteiger partial charge in [-0.15, -0.1) is 5.10 Å². The maximum Gasteiger partial charge on any atom is 0.410 e. The molecule has 8 N–H and O–H groups in total. The second kappa shape index (κ2) is 59.6. The number of carbonyl (C=O) groups is 9. The molecule has 0 bridgehead atoms. The number of carboxylic acids is 1. The quantitative estimate of drug-likeness (QED) is 0.0174. The van der Waals surface area contributed by atoms with E-state index in [2.05, 4.69) is 26.3 Å². The Kier molecular flexibility index (Phi) is 50.3. The number of ether oxygens (including phenoxy) is 15. The van der Waals surface area contributed by atoms with Gasteiger partial charge in [0.1, 0.15) is 36.5 Å². The summed E-state index contributed by atoms with van der Waals surface area (Å²) in [5.41, 5.74) is 0.0426. The molecule has 0 aliphatic carbocycles. The molecule has 2 saturated heterocycles. The van der Waals surface area contributed by atoms with E-state index in [0.29, 0.717) is 176 Å². The van der Waals surface area contributed by atoms with Crippen molar-refractivity contribution in [3.63, 3.8) is 0 Å². The van der Waals surface area contributed by atoms with Crippen molar-refractivity contribution in [1.82, 2.24) is 50.5 Å². The van der Waals surface area contributed by atoms with E-state index < -0.39 is 143 Å². The first-order valence-corrected chi connectivity index (χ1v) is 44.6. The van der Waals surface area contributed by atoms with E-state index in [9.17, 15) is 74.0 Å². The minimum absolute atomic E-state index is 0.0252. The van der Waals surface area contributed by atoms with Crippen molar-refractivity contribution >= 4 is 59.1 Å². The van der Waals surface area contributed by atoms with E-state index in [1.54, 1.807) is 77.8 Å². The lowest BCUT2D eigenvalue weighted by molar-refractivity contribution is -0.387. The predicted molar refractivity (Wildman–Crippen MR) is 465 cm³/mol. The fourth-order valence-electron chi connectivity index (χ4n) is 15.1. The third-order valence-corrected chi connectivity index (χ3v) is 22.5. The largest absolute Gasteiger partial charge is 0.479 e. The number of aromatic nitrogens is 3. The van der Waals surface area contributed by atoms with Crippen molar-refractivity contribution < 1.29 is 145 Å². The van der Waals surface area contributed by atoms with Gasteiger partial charge in [0.05, 0.1) is 198 Å². The maximum absolute atomic E-state index is 15.1. The zero-order chi connectivity index (χ0) is 95.2. The standard InChI is InChI=1S/C88H139N11O31/c1-13-59(6)76(69(116-11)55-73(103)97-31-20-23-65(97)81(117-12)60(7)83(108)90-61(8)77(104)62-21-16-14-17-22-62)94(9)85(110)74(57(2)3)91-84(109)75(58(4)5)95(10)88(113)129-68(63-25-26-67(66(53-63)99(114)115)128-87-80(107)78(105)79(106)82(130-87)86(111)112)54-64-56-96(93-92-64)32-34-119-36-38-121-40-42-123-44-46-125-48-50-127-52-51-126-49-47-124-45-43-122-41-39-120-37-35-118-33-29-89-70(100)24-18-15-19-30-98-71(101)27-28-72(98)102/h14,16-17,21-22,25-28,53,56-61,65,68-69,74-82,87,104-107H,13,15,18-20,23-24,29-52,54-55H2,1-12H3,(H,89,100)(H,90,108)(H,91,109)(H,111,112)/t59-,60+,61+,65-,68?,69+,74-,75-,76-,77+,78?,79+,80+,81+,82?,87-/m1/s1. The van der Waals surface area contributed by atoms with Gasteiger partial charge in [-0.2, -0.15) is 0 Å². The molecule has 732 valence electrons. The van der Waals surface area contributed by atoms with Crippen LogP contribution in [-0.4, -0.2) is 372 Å². The summed E-state index contributed by atoms with van der Waals surface area (Å²) in [4.78, 5) is 138. The fraction of sp³-hybridized carbons (Fsp3) is 0.716. The molecule has 0 spiro atoms. The molecule has 16 atom stereocenters. The third kappa shape index (κ3) is 36.2. The lowest BCUT2D eigenvalue weighted by Gasteiger charge is -2.41. The number of imide groups is 1. The zero-order valence-corrected chi connectivity index (χ0v) is 77.0. The Bertz CT molecular complexity index is 3910. The van der Waals surface area contributed by atoms with Crippen LogP contribution in [0.5, 0.6) is 5.75 Å². The van der Waals surface area contributed by atoms with Gasteiger partial charge in [0.15, 0.2) is 11.9 Å². The van der Waals surface area contributed by atoms with Crippen LogP contribution in [0, 0.1) is 33.8 Å². The van der Waals surface area contributed by atoms with Crippen LogP contribution in [-0.2, 0) is 118 Å². The first-order chi connectivity index (χ1) is 62.3. The second-order valence-electron chi connectivity index (χ2n) is 32.6. The van der Waals surface area contributed by atoms with Gasteiger partial charge in [0.25, 0.3) is 11.8 Å². The van der Waals surface area contributed by atoms with Crippen LogP contribution in [0.15, 0.2) is 66.9 Å². The minimum Gasteiger partial charge on any atom is -0.479 e. The van der Waals surface area contributed by atoms with E-state index in [1.165, 1.54) is 60.2 Å². The topological polar surface area (TPSA) is 516 Å². The Hall–Kier alpha value is -8.93. The molecule has 42 heteroatoms. The Balaban J connectivity index is 0.913. The minimum atomic E-state index is -2.11. The number of rotatable bonds is 67. The molecule has 3 unspecified atom stereocenters. The fourth-order valence-corrected chi connectivity index (χ4v) is 15.1. The highest BCUT2D eigenvalue weighted by Gasteiger charge is 2.50. The van der Waals surface area contributed by atoms with Crippen LogP contribution in [0.2, 0.25) is 0 Å². The highest BCUT2D eigenvalue weighted by atomic mass is 16.7. The van der Waals surface area contributed by atoms with Crippen molar-refractivity contribution in [2.45, 2.75) is 205 Å². The molecule has 2 aromatic carbocycles. The van der Waals surface area contributed by atoms with Crippen molar-refractivity contribution in [2.24, 2.45) is 23.7 Å². The number of nitrogens with zero attached hydrogens (tertiary/aromatic N) is 8. The predicted octanol–water partition coefficient (Wildman–Crippen LogP) is 2.90. The van der Waals surface area contributed by atoms with E-state index >= 15 is 4.79 Å². The Morgan fingerprint density at radius 3 is 1.72 bits per heavy atom. The molecule has 6 rings (SSSR count). The zero-order valence-electron chi connectivity index (χ0n) is 77.0. The second-order valence-corrected chi connectivity index (χ2v) is 32.6. The Morgan fingerprint density at radius 2 is 1.21 bits per heavy atom. The number of carbonyl (C=O) groups excluding carboxylic acids is 8. The number of nitrogens with one attached hydrogen (secondary N) is 3. The molecule has 0 radical (unpaired) electrons. The van der Waals surface area contributed by atoms with Gasteiger partial charge in [-0.1, -0.05) is 103 Å². The third-order valence-electron chi connectivity index (χ3n) is 22.5. The van der Waals surface area contributed by atoms with E-state index in [-0.39, 0.29) is 85.9 Å². The molecule has 0 saturated carbocycles. The number of aliphatic hydroxyl groups is 4. The molecule has 130 heavy (non-hydrogen) atoms. The summed E-state index contributed by atoms with van der Waals surface area (Å²) in [5.74, 6) is -7.07. The number of aliphatic hydroxyl groups excluding tert-OH is 4. The molecule has 3 aliphatic heterocycles. The van der Waals surface area contributed by atoms with Crippen LogP contribution in [0.4, 0.5) is 10.5 Å². The average Bonchev–Trinajstić information content (AvgIpc) is 0.862. The van der Waals surface area contributed by atoms with Crippen LogP contribution in [0.1, 0.15) is 136 Å². The molecule has 2 fully saturated rings. The van der Waals surface area contributed by atoms with Crippen LogP contribution >= 0.6 is 0 Å². The molecule has 3 aliphatic rings. The van der Waals surface area contributed by atoms with Gasteiger partial charge in [0.2, 0.25) is 35.8 Å². The van der Waals surface area contributed by atoms with Crippen LogP contribution in [0.25, 0.3) is 0 Å². The smallest absolute Gasteiger partial charge is 0.410 e. The highest BCUT2D eigenvalue weighted by Crippen LogP contribution is 2.37. The van der Waals surface area contributed by atoms with Gasteiger partial charge >= 0.3 is 17.7 Å². The lowest BCUT2D eigenvalue weighted by atomic mass is 9.89.